The van der Waals surface area contributed by atoms with Crippen LogP contribution in [0.15, 0.2) is 35.5 Å². The van der Waals surface area contributed by atoms with Crippen molar-refractivity contribution >= 4 is 21.6 Å². The Labute approximate surface area is 122 Å². The maximum absolute atomic E-state index is 12.1. The molecule has 0 aliphatic rings. The highest BCUT2D eigenvalue weighted by Gasteiger charge is 2.17. The molecule has 0 aliphatic carbocycles. The van der Waals surface area contributed by atoms with Crippen molar-refractivity contribution in [2.75, 3.05) is 11.3 Å². The third-order valence-corrected chi connectivity index (χ3v) is 4.19. The summed E-state index contributed by atoms with van der Waals surface area (Å²) in [5.41, 5.74) is 1.57. The molecule has 0 radical (unpaired) electrons. The van der Waals surface area contributed by atoms with Gasteiger partial charge in [0.05, 0.1) is 11.9 Å². The van der Waals surface area contributed by atoms with E-state index in [0.29, 0.717) is 23.4 Å². The number of benzene rings is 1. The molecule has 0 unspecified atom stereocenters. The van der Waals surface area contributed by atoms with E-state index in [1.165, 1.54) is 12.4 Å². The predicted molar refractivity (Wildman–Crippen MR) is 78.6 cm³/mol. The van der Waals surface area contributed by atoms with E-state index in [1.54, 1.807) is 25.1 Å². The summed E-state index contributed by atoms with van der Waals surface area (Å²) >= 11 is 0. The van der Waals surface area contributed by atoms with Gasteiger partial charge in [-0.2, -0.15) is 5.10 Å². The average molecular weight is 308 g/mol. The highest BCUT2D eigenvalue weighted by Crippen LogP contribution is 2.20. The minimum Gasteiger partial charge on any atom is -0.352 e. The molecule has 0 saturated heterocycles. The molecule has 1 aromatic heterocycles. The summed E-state index contributed by atoms with van der Waals surface area (Å²) in [4.78, 5) is 11.8. The van der Waals surface area contributed by atoms with E-state index < -0.39 is 10.0 Å². The molecular weight excluding hydrogens is 292 g/mol. The van der Waals surface area contributed by atoms with Crippen LogP contribution in [0.1, 0.15) is 22.8 Å². The number of rotatable bonds is 5. The highest BCUT2D eigenvalue weighted by atomic mass is 32.2. The van der Waals surface area contributed by atoms with Gasteiger partial charge >= 0.3 is 0 Å². The summed E-state index contributed by atoms with van der Waals surface area (Å²) in [6, 6.07) is 4.78. The number of hydrogen-bond acceptors (Lipinski definition) is 4. The Bertz CT molecular complexity index is 739. The van der Waals surface area contributed by atoms with Crippen molar-refractivity contribution in [1.29, 1.82) is 0 Å². The van der Waals surface area contributed by atoms with Gasteiger partial charge in [0.2, 0.25) is 0 Å². The van der Waals surface area contributed by atoms with Crippen molar-refractivity contribution in [2.24, 2.45) is 0 Å². The zero-order chi connectivity index (χ0) is 15.5. The maximum Gasteiger partial charge on any atom is 0.265 e. The second-order valence-corrected chi connectivity index (χ2v) is 6.11. The highest BCUT2D eigenvalue weighted by molar-refractivity contribution is 7.92. The van der Waals surface area contributed by atoms with E-state index in [1.807, 2.05) is 6.92 Å². The molecule has 0 atom stereocenters. The van der Waals surface area contributed by atoms with Crippen molar-refractivity contribution in [3.63, 3.8) is 0 Å². The maximum atomic E-state index is 12.1. The van der Waals surface area contributed by atoms with Crippen LogP contribution in [-0.4, -0.2) is 31.1 Å². The van der Waals surface area contributed by atoms with Gasteiger partial charge in [0, 0.05) is 18.3 Å². The number of carbonyl (C=O) groups is 1. The first kappa shape index (κ1) is 15.0. The Morgan fingerprint density at radius 3 is 2.71 bits per heavy atom. The number of nitrogens with one attached hydrogen (secondary N) is 3. The summed E-state index contributed by atoms with van der Waals surface area (Å²) in [6.07, 6.45) is 2.52. The van der Waals surface area contributed by atoms with Gasteiger partial charge in [-0.25, -0.2) is 8.42 Å². The molecule has 7 nitrogen and oxygen atoms in total. The Kier molecular flexibility index (Phi) is 4.27. The van der Waals surface area contributed by atoms with Gasteiger partial charge in [-0.3, -0.25) is 14.6 Å². The molecule has 112 valence electrons. The van der Waals surface area contributed by atoms with Gasteiger partial charge in [0.1, 0.15) is 4.90 Å². The Morgan fingerprint density at radius 2 is 2.14 bits per heavy atom. The summed E-state index contributed by atoms with van der Waals surface area (Å²) in [7, 11) is -3.68. The summed E-state index contributed by atoms with van der Waals surface area (Å²) in [5.74, 6) is -0.190. The zero-order valence-corrected chi connectivity index (χ0v) is 12.5. The molecule has 1 heterocycles. The molecule has 21 heavy (non-hydrogen) atoms. The largest absolute Gasteiger partial charge is 0.352 e. The van der Waals surface area contributed by atoms with E-state index in [-0.39, 0.29) is 10.8 Å². The van der Waals surface area contributed by atoms with Gasteiger partial charge < -0.3 is 5.32 Å². The standard InChI is InChI=1S/C13H16N4O3S/c1-3-14-13(18)10-4-5-12(9(2)6-10)17-21(19,20)11-7-15-16-8-11/h4-8,17H,3H2,1-2H3,(H,14,18)(H,15,16). The van der Waals surface area contributed by atoms with Crippen LogP contribution in [0.25, 0.3) is 0 Å². The first-order valence-corrected chi connectivity index (χ1v) is 7.83. The van der Waals surface area contributed by atoms with Crippen LogP contribution in [0.4, 0.5) is 5.69 Å². The number of anilines is 1. The molecule has 8 heteroatoms. The van der Waals surface area contributed by atoms with Gasteiger partial charge in [0.15, 0.2) is 0 Å². The Morgan fingerprint density at radius 1 is 1.38 bits per heavy atom. The molecule has 0 saturated carbocycles. The Balaban J connectivity index is 2.24. The third-order valence-electron chi connectivity index (χ3n) is 2.85. The monoisotopic (exact) mass is 308 g/mol. The fraction of sp³-hybridized carbons (Fsp3) is 0.231. The number of carbonyl (C=O) groups excluding carboxylic acids is 1. The number of nitrogens with zero attached hydrogens (tertiary/aromatic N) is 1. The van der Waals surface area contributed by atoms with Crippen molar-refractivity contribution in [3.8, 4) is 0 Å². The van der Waals surface area contributed by atoms with Crippen LogP contribution in [0.5, 0.6) is 0 Å². The van der Waals surface area contributed by atoms with Crippen LogP contribution in [0, 0.1) is 6.92 Å². The first-order valence-electron chi connectivity index (χ1n) is 6.34. The lowest BCUT2D eigenvalue weighted by molar-refractivity contribution is 0.0956. The van der Waals surface area contributed by atoms with Gasteiger partial charge in [-0.15, -0.1) is 0 Å². The zero-order valence-electron chi connectivity index (χ0n) is 11.7. The first-order chi connectivity index (χ1) is 9.94. The van der Waals surface area contributed by atoms with Crippen LogP contribution in [-0.2, 0) is 10.0 Å². The second kappa shape index (κ2) is 5.96. The lowest BCUT2D eigenvalue weighted by atomic mass is 10.1. The predicted octanol–water partition coefficient (Wildman–Crippen LogP) is 1.27. The molecule has 0 fully saturated rings. The minimum atomic E-state index is -3.68. The summed E-state index contributed by atoms with van der Waals surface area (Å²) < 4.78 is 26.6. The SMILES string of the molecule is CCNC(=O)c1ccc(NS(=O)(=O)c2cn[nH]c2)c(C)c1. The van der Waals surface area contributed by atoms with Crippen LogP contribution >= 0.6 is 0 Å². The van der Waals surface area contributed by atoms with E-state index >= 15 is 0 Å². The smallest absolute Gasteiger partial charge is 0.265 e. The molecule has 0 spiro atoms. The van der Waals surface area contributed by atoms with Crippen molar-refractivity contribution in [3.05, 3.63) is 41.7 Å². The fourth-order valence-corrected chi connectivity index (χ4v) is 2.81. The number of aryl methyl sites for hydroxylation is 1. The van der Waals surface area contributed by atoms with Gasteiger partial charge in [-0.1, -0.05) is 0 Å². The molecule has 2 aromatic rings. The third kappa shape index (κ3) is 3.40. The number of aromatic nitrogens is 2. The lowest BCUT2D eigenvalue weighted by Crippen LogP contribution is -2.22. The molecule has 0 bridgehead atoms. The molecule has 3 N–H and O–H groups in total. The van der Waals surface area contributed by atoms with Crippen molar-refractivity contribution in [2.45, 2.75) is 18.7 Å². The number of H-pyrrole nitrogens is 1. The number of hydrogen-bond donors (Lipinski definition) is 3. The van der Waals surface area contributed by atoms with Crippen molar-refractivity contribution in [1.82, 2.24) is 15.5 Å². The molecular formula is C13H16N4O3S. The van der Waals surface area contributed by atoms with Gasteiger partial charge in [-0.05, 0) is 37.6 Å². The Hall–Kier alpha value is -2.35. The number of aromatic amines is 1. The normalized spacial score (nSPS) is 11.1. The summed E-state index contributed by atoms with van der Waals surface area (Å²) in [6.45, 7) is 4.10. The van der Waals surface area contributed by atoms with Crippen LogP contribution < -0.4 is 10.0 Å². The van der Waals surface area contributed by atoms with Crippen molar-refractivity contribution < 1.29 is 13.2 Å². The number of amides is 1. The molecule has 0 aliphatic heterocycles. The average Bonchev–Trinajstić information content (AvgIpc) is 2.96. The summed E-state index contributed by atoms with van der Waals surface area (Å²) in [5, 5.41) is 8.75. The molecule has 2 rings (SSSR count). The fourth-order valence-electron chi connectivity index (χ4n) is 1.77. The quantitative estimate of drug-likeness (QED) is 0.773. The van der Waals surface area contributed by atoms with Gasteiger partial charge in [0.25, 0.3) is 15.9 Å². The van der Waals surface area contributed by atoms with E-state index in [0.717, 1.165) is 0 Å². The minimum absolute atomic E-state index is 0.0507. The van der Waals surface area contributed by atoms with E-state index in [9.17, 15) is 13.2 Å². The molecule has 1 aromatic carbocycles. The molecule has 1 amide bonds. The van der Waals surface area contributed by atoms with Crippen LogP contribution in [0.3, 0.4) is 0 Å². The van der Waals surface area contributed by atoms with E-state index in [2.05, 4.69) is 20.2 Å². The lowest BCUT2D eigenvalue weighted by Gasteiger charge is -2.11. The topological polar surface area (TPSA) is 104 Å². The second-order valence-electron chi connectivity index (χ2n) is 4.43. The van der Waals surface area contributed by atoms with Crippen LogP contribution in [0.2, 0.25) is 0 Å². The van der Waals surface area contributed by atoms with E-state index in [4.69, 9.17) is 0 Å². The number of sulfonamides is 1.